The fourth-order valence-electron chi connectivity index (χ4n) is 4.72. The van der Waals surface area contributed by atoms with Crippen molar-refractivity contribution in [2.24, 2.45) is 5.14 Å². The van der Waals surface area contributed by atoms with Crippen LogP contribution in [0.15, 0.2) is 82.5 Å². The quantitative estimate of drug-likeness (QED) is 0.373. The molecule has 1 atom stereocenters. The van der Waals surface area contributed by atoms with Crippen LogP contribution < -0.4 is 10.0 Å². The van der Waals surface area contributed by atoms with E-state index >= 15 is 0 Å². The zero-order chi connectivity index (χ0) is 26.9. The Hall–Kier alpha value is -3.60. The molecular weight excluding hydrogens is 523 g/mol. The highest BCUT2D eigenvalue weighted by Gasteiger charge is 2.40. The first kappa shape index (κ1) is 26.0. The number of anilines is 1. The van der Waals surface area contributed by atoms with E-state index in [9.17, 15) is 17.6 Å². The Kier molecular flexibility index (Phi) is 7.29. The number of hydrogen-bond acceptors (Lipinski definition) is 6. The number of benzene rings is 3. The number of nitrogens with zero attached hydrogens (tertiary/aromatic N) is 3. The molecule has 3 aromatic carbocycles. The molecule has 2 aliphatic rings. The fraction of sp³-hybridized carbons (Fsp3) is 0.214. The molecule has 0 saturated carbocycles. The summed E-state index contributed by atoms with van der Waals surface area (Å²) in [5.74, 6) is 0.0126. The van der Waals surface area contributed by atoms with Gasteiger partial charge in [0, 0.05) is 18.8 Å². The minimum atomic E-state index is -3.53. The normalized spacial score (nSPS) is 16.5. The van der Waals surface area contributed by atoms with E-state index in [-0.39, 0.29) is 22.0 Å². The van der Waals surface area contributed by atoms with E-state index in [1.165, 1.54) is 34.5 Å². The molecule has 6 rings (SSSR count). The molecule has 38 heavy (non-hydrogen) atoms. The lowest BCUT2D eigenvalue weighted by atomic mass is 9.93. The minimum absolute atomic E-state index is 0.146. The molecule has 4 aromatic rings. The smallest absolute Gasteiger partial charge is 0.249 e. The minimum Gasteiger partial charge on any atom is -0.365 e. The molecule has 0 radical (unpaired) electrons. The van der Waals surface area contributed by atoms with Gasteiger partial charge in [-0.15, -0.1) is 11.3 Å². The summed E-state index contributed by atoms with van der Waals surface area (Å²) in [6, 6.07) is 23.7. The van der Waals surface area contributed by atoms with Crippen LogP contribution in [0.5, 0.6) is 0 Å². The summed E-state index contributed by atoms with van der Waals surface area (Å²) in [6.45, 7) is 3.85. The van der Waals surface area contributed by atoms with Crippen LogP contribution >= 0.6 is 11.3 Å². The van der Waals surface area contributed by atoms with Gasteiger partial charge in [-0.25, -0.2) is 22.9 Å². The lowest BCUT2D eigenvalue weighted by molar-refractivity contribution is -0.114. The van der Waals surface area contributed by atoms with Gasteiger partial charge in [0.05, 0.1) is 17.2 Å². The highest BCUT2D eigenvalue weighted by molar-refractivity contribution is 7.91. The van der Waals surface area contributed by atoms with Crippen molar-refractivity contribution >= 4 is 33.0 Å². The number of hydrogen-bond donors (Lipinski definition) is 1. The Morgan fingerprint density at radius 3 is 2.32 bits per heavy atom. The van der Waals surface area contributed by atoms with Gasteiger partial charge in [-0.1, -0.05) is 48.5 Å². The standard InChI is InChI=1S/C24H21FN2O.C4H6N2O2S2/c25-21-9-6-18(7-10-21)19-8-11-23-20(12-19)13-22(27-16-24(27)28)15-26(23)14-17-4-2-1-3-5-17;1-3-4(9-2-6-3)10(5,7)8/h1-12,22H,13-16H2;2H,1H3,(H2,5,7,8). The molecule has 0 bridgehead atoms. The fourth-order valence-corrected chi connectivity index (χ4v) is 6.38. The number of carbonyl (C=O) groups excluding carboxylic acids is 1. The summed E-state index contributed by atoms with van der Waals surface area (Å²) in [4.78, 5) is 19.8. The van der Waals surface area contributed by atoms with Crippen LogP contribution in [-0.4, -0.2) is 43.3 Å². The second-order valence-electron chi connectivity index (χ2n) is 9.37. The zero-order valence-electron chi connectivity index (χ0n) is 20.7. The Morgan fingerprint density at radius 2 is 1.74 bits per heavy atom. The van der Waals surface area contributed by atoms with E-state index in [1.807, 2.05) is 23.1 Å². The Bertz CT molecular complexity index is 1560. The molecule has 1 unspecified atom stereocenters. The Morgan fingerprint density at radius 1 is 1.05 bits per heavy atom. The summed E-state index contributed by atoms with van der Waals surface area (Å²) < 4.78 is 34.7. The van der Waals surface area contributed by atoms with Crippen LogP contribution in [0.2, 0.25) is 0 Å². The zero-order valence-corrected chi connectivity index (χ0v) is 22.4. The third-order valence-electron chi connectivity index (χ3n) is 6.62. The summed E-state index contributed by atoms with van der Waals surface area (Å²) in [6.07, 6.45) is 0.862. The maximum absolute atomic E-state index is 13.3. The van der Waals surface area contributed by atoms with Gasteiger partial charge in [-0.3, -0.25) is 4.79 Å². The van der Waals surface area contributed by atoms with Crippen molar-refractivity contribution in [1.82, 2.24) is 9.88 Å². The molecule has 0 spiro atoms. The number of aryl methyl sites for hydroxylation is 1. The van der Waals surface area contributed by atoms with Crippen molar-refractivity contribution in [2.45, 2.75) is 30.1 Å². The van der Waals surface area contributed by atoms with Crippen molar-refractivity contribution in [1.29, 1.82) is 0 Å². The number of amides is 1. The number of nitrogens with two attached hydrogens (primary N) is 1. The van der Waals surface area contributed by atoms with Gasteiger partial charge in [-0.2, -0.15) is 0 Å². The van der Waals surface area contributed by atoms with Crippen molar-refractivity contribution in [3.8, 4) is 11.1 Å². The highest BCUT2D eigenvalue weighted by atomic mass is 32.2. The van der Waals surface area contributed by atoms with Gasteiger partial charge in [0.1, 0.15) is 12.4 Å². The first-order chi connectivity index (χ1) is 18.2. The van der Waals surface area contributed by atoms with Gasteiger partial charge in [0.15, 0.2) is 4.21 Å². The molecule has 1 aromatic heterocycles. The SMILES string of the molecule is Cc1ncsc1S(N)(=O)=O.O=C1CN1C1Cc2cc(-c3ccc(F)cc3)ccc2N(Cc2ccccc2)C1. The molecular formula is C28H27FN4O3S2. The molecule has 1 fully saturated rings. The third kappa shape index (κ3) is 5.93. The summed E-state index contributed by atoms with van der Waals surface area (Å²) in [5, 5.41) is 4.84. The van der Waals surface area contributed by atoms with Crippen LogP contribution in [0.4, 0.5) is 10.1 Å². The van der Waals surface area contributed by atoms with E-state index in [4.69, 9.17) is 5.14 Å². The Balaban J connectivity index is 0.000000249. The number of sulfonamides is 1. The molecule has 7 nitrogen and oxygen atoms in total. The van der Waals surface area contributed by atoms with Crippen LogP contribution in [0.25, 0.3) is 11.1 Å². The molecule has 1 amide bonds. The number of primary sulfonamides is 1. The number of carbonyl (C=O) groups is 1. The highest BCUT2D eigenvalue weighted by Crippen LogP contribution is 2.35. The molecule has 196 valence electrons. The van der Waals surface area contributed by atoms with E-state index in [0.717, 1.165) is 42.0 Å². The maximum atomic E-state index is 13.3. The number of halogens is 1. The predicted molar refractivity (Wildman–Crippen MR) is 147 cm³/mol. The summed E-state index contributed by atoms with van der Waals surface area (Å²) >= 11 is 1.03. The largest absolute Gasteiger partial charge is 0.365 e. The summed E-state index contributed by atoms with van der Waals surface area (Å²) in [5.41, 5.74) is 7.73. The van der Waals surface area contributed by atoms with E-state index in [0.29, 0.717) is 12.2 Å². The summed E-state index contributed by atoms with van der Waals surface area (Å²) in [7, 11) is -3.53. The Labute approximate surface area is 225 Å². The molecule has 10 heteroatoms. The topological polar surface area (TPSA) is 96.4 Å². The molecule has 2 aliphatic heterocycles. The lowest BCUT2D eigenvalue weighted by Gasteiger charge is -2.37. The van der Waals surface area contributed by atoms with Gasteiger partial charge in [0.25, 0.3) is 0 Å². The van der Waals surface area contributed by atoms with Gasteiger partial charge in [-0.05, 0) is 59.9 Å². The van der Waals surface area contributed by atoms with Crippen molar-refractivity contribution in [2.75, 3.05) is 18.0 Å². The van der Waals surface area contributed by atoms with Gasteiger partial charge >= 0.3 is 0 Å². The van der Waals surface area contributed by atoms with Crippen molar-refractivity contribution in [3.63, 3.8) is 0 Å². The molecule has 2 N–H and O–H groups in total. The van der Waals surface area contributed by atoms with Crippen LogP contribution in [-0.2, 0) is 27.8 Å². The first-order valence-electron chi connectivity index (χ1n) is 12.1. The second kappa shape index (κ2) is 10.6. The van der Waals surface area contributed by atoms with E-state index in [1.54, 1.807) is 6.92 Å². The predicted octanol–water partition coefficient (Wildman–Crippen LogP) is 4.37. The van der Waals surface area contributed by atoms with Gasteiger partial charge in [0.2, 0.25) is 15.9 Å². The van der Waals surface area contributed by atoms with Crippen LogP contribution in [0.1, 0.15) is 16.8 Å². The molecule has 1 saturated heterocycles. The number of aromatic nitrogens is 1. The lowest BCUT2D eigenvalue weighted by Crippen LogP contribution is -2.42. The monoisotopic (exact) mass is 550 g/mol. The number of thiazole rings is 1. The average molecular weight is 551 g/mol. The first-order valence-corrected chi connectivity index (χ1v) is 14.5. The number of rotatable bonds is 5. The molecule has 3 heterocycles. The average Bonchev–Trinajstić information content (AvgIpc) is 3.46. The van der Waals surface area contributed by atoms with E-state index in [2.05, 4.69) is 52.3 Å². The third-order valence-corrected chi connectivity index (χ3v) is 9.14. The number of fused-ring (bicyclic) bond motifs is 1. The van der Waals surface area contributed by atoms with Gasteiger partial charge < -0.3 is 9.80 Å². The van der Waals surface area contributed by atoms with Crippen molar-refractivity contribution < 1.29 is 17.6 Å². The van der Waals surface area contributed by atoms with Crippen LogP contribution in [0, 0.1) is 12.7 Å². The maximum Gasteiger partial charge on any atom is 0.249 e. The van der Waals surface area contributed by atoms with Crippen molar-refractivity contribution in [3.05, 3.63) is 101 Å². The second-order valence-corrected chi connectivity index (χ2v) is 12.0. The van der Waals surface area contributed by atoms with Crippen LogP contribution in [0.3, 0.4) is 0 Å². The van der Waals surface area contributed by atoms with E-state index < -0.39 is 10.0 Å². The molecule has 0 aliphatic carbocycles.